The molecule has 4 aliphatic carbocycles. The fourth-order valence-corrected chi connectivity index (χ4v) is 5.69. The van der Waals surface area contributed by atoms with Gasteiger partial charge < -0.3 is 5.73 Å². The maximum atomic E-state index is 6.51. The van der Waals surface area contributed by atoms with Crippen molar-refractivity contribution in [2.45, 2.75) is 58.4 Å². The molecule has 1 aromatic rings. The van der Waals surface area contributed by atoms with E-state index in [4.69, 9.17) is 5.73 Å². The van der Waals surface area contributed by atoms with Crippen LogP contribution in [0.5, 0.6) is 0 Å². The van der Waals surface area contributed by atoms with Crippen molar-refractivity contribution in [1.82, 2.24) is 10.2 Å². The first kappa shape index (κ1) is 12.9. The molecule has 1 unspecified atom stereocenters. The Morgan fingerprint density at radius 1 is 1.10 bits per heavy atom. The molecule has 1 heterocycles. The van der Waals surface area contributed by atoms with Crippen molar-refractivity contribution >= 4 is 0 Å². The van der Waals surface area contributed by atoms with Gasteiger partial charge in [-0.1, -0.05) is 0 Å². The van der Waals surface area contributed by atoms with Crippen molar-refractivity contribution in [2.75, 3.05) is 0 Å². The van der Waals surface area contributed by atoms with Gasteiger partial charge in [0.2, 0.25) is 0 Å². The van der Waals surface area contributed by atoms with Crippen molar-refractivity contribution in [3.05, 3.63) is 17.0 Å². The molecule has 3 N–H and O–H groups in total. The molecule has 1 aromatic heterocycles. The molecular formula is C17H27N3. The highest BCUT2D eigenvalue weighted by molar-refractivity contribution is 5.25. The zero-order valence-corrected chi connectivity index (χ0v) is 12.7. The van der Waals surface area contributed by atoms with Crippen molar-refractivity contribution < 1.29 is 0 Å². The molecular weight excluding hydrogens is 246 g/mol. The van der Waals surface area contributed by atoms with E-state index in [-0.39, 0.29) is 6.04 Å². The van der Waals surface area contributed by atoms with E-state index < -0.39 is 0 Å². The minimum Gasteiger partial charge on any atom is -0.323 e. The monoisotopic (exact) mass is 273 g/mol. The molecule has 4 bridgehead atoms. The predicted octanol–water partition coefficient (Wildman–Crippen LogP) is 3.49. The minimum absolute atomic E-state index is 0.127. The zero-order valence-electron chi connectivity index (χ0n) is 12.7. The summed E-state index contributed by atoms with van der Waals surface area (Å²) in [4.78, 5) is 0. The van der Waals surface area contributed by atoms with Crippen LogP contribution in [-0.4, -0.2) is 10.2 Å². The van der Waals surface area contributed by atoms with Crippen LogP contribution >= 0.6 is 0 Å². The fraction of sp³-hybridized carbons (Fsp3) is 0.824. The summed E-state index contributed by atoms with van der Waals surface area (Å²) in [5.41, 5.74) is 10.0. The fourth-order valence-electron chi connectivity index (χ4n) is 5.69. The summed E-state index contributed by atoms with van der Waals surface area (Å²) in [6.45, 7) is 4.23. The van der Waals surface area contributed by atoms with Gasteiger partial charge in [-0.3, -0.25) is 5.10 Å². The molecule has 110 valence electrons. The minimum atomic E-state index is 0.127. The van der Waals surface area contributed by atoms with Crippen LogP contribution in [-0.2, 0) is 0 Å². The Morgan fingerprint density at radius 3 is 2.20 bits per heavy atom. The SMILES string of the molecule is Cc1[nH]nc(C(N)CC2C3CC4CC(C3)CC2C4)c1C. The molecule has 0 amide bonds. The molecule has 0 aliphatic heterocycles. The largest absolute Gasteiger partial charge is 0.323 e. The number of rotatable bonds is 3. The Hall–Kier alpha value is -0.830. The Morgan fingerprint density at radius 2 is 1.70 bits per heavy atom. The summed E-state index contributed by atoms with van der Waals surface area (Å²) < 4.78 is 0. The lowest BCUT2D eigenvalue weighted by atomic mass is 9.51. The third-order valence-electron chi connectivity index (χ3n) is 6.59. The maximum Gasteiger partial charge on any atom is 0.0821 e. The van der Waals surface area contributed by atoms with Crippen molar-refractivity contribution in [1.29, 1.82) is 0 Å². The van der Waals surface area contributed by atoms with E-state index in [1.54, 1.807) is 0 Å². The van der Waals surface area contributed by atoms with Crippen LogP contribution in [0.25, 0.3) is 0 Å². The van der Waals surface area contributed by atoms with Gasteiger partial charge >= 0.3 is 0 Å². The van der Waals surface area contributed by atoms with E-state index in [0.29, 0.717) is 0 Å². The van der Waals surface area contributed by atoms with Crippen molar-refractivity contribution in [3.63, 3.8) is 0 Å². The third-order valence-corrected chi connectivity index (χ3v) is 6.59. The lowest BCUT2D eigenvalue weighted by Crippen LogP contribution is -2.45. The van der Waals surface area contributed by atoms with Crippen molar-refractivity contribution in [2.24, 2.45) is 35.3 Å². The molecule has 4 saturated carbocycles. The first-order valence-electron chi connectivity index (χ1n) is 8.38. The van der Waals surface area contributed by atoms with Crippen LogP contribution in [0.3, 0.4) is 0 Å². The van der Waals surface area contributed by atoms with E-state index in [1.165, 1.54) is 43.4 Å². The number of nitrogens with two attached hydrogens (primary N) is 1. The molecule has 0 aromatic carbocycles. The van der Waals surface area contributed by atoms with Gasteiger partial charge in [-0.15, -0.1) is 0 Å². The average molecular weight is 273 g/mol. The van der Waals surface area contributed by atoms with Gasteiger partial charge in [-0.25, -0.2) is 0 Å². The summed E-state index contributed by atoms with van der Waals surface area (Å²) in [5, 5.41) is 7.54. The van der Waals surface area contributed by atoms with Gasteiger partial charge in [0.1, 0.15) is 0 Å². The molecule has 0 saturated heterocycles. The number of hydrogen-bond donors (Lipinski definition) is 2. The number of nitrogens with zero attached hydrogens (tertiary/aromatic N) is 1. The second-order valence-electron chi connectivity index (χ2n) is 7.80. The van der Waals surface area contributed by atoms with E-state index in [2.05, 4.69) is 24.0 Å². The Bertz CT molecular complexity index is 476. The van der Waals surface area contributed by atoms with Gasteiger partial charge in [0.05, 0.1) is 5.69 Å². The molecule has 0 spiro atoms. The number of nitrogens with one attached hydrogen (secondary N) is 1. The average Bonchev–Trinajstić information content (AvgIpc) is 2.73. The standard InChI is InChI=1S/C17H27N3/c1-9-10(2)19-20-17(9)16(18)8-15-13-4-11-3-12(6-13)7-14(15)5-11/h11-16H,3-8,18H2,1-2H3,(H,19,20). The Kier molecular flexibility index (Phi) is 2.95. The van der Waals surface area contributed by atoms with Gasteiger partial charge in [0.15, 0.2) is 0 Å². The number of aryl methyl sites for hydroxylation is 1. The second-order valence-corrected chi connectivity index (χ2v) is 7.80. The molecule has 5 rings (SSSR count). The number of aromatic amines is 1. The maximum absolute atomic E-state index is 6.51. The van der Waals surface area contributed by atoms with Gasteiger partial charge in [-0.05, 0) is 87.5 Å². The van der Waals surface area contributed by atoms with Crippen LogP contribution in [0.2, 0.25) is 0 Å². The normalized spacial score (nSPS) is 40.2. The number of H-pyrrole nitrogens is 1. The van der Waals surface area contributed by atoms with Gasteiger partial charge in [0, 0.05) is 11.7 Å². The van der Waals surface area contributed by atoms with E-state index >= 15 is 0 Å². The highest BCUT2D eigenvalue weighted by Gasteiger charge is 2.48. The summed E-state index contributed by atoms with van der Waals surface area (Å²) in [7, 11) is 0. The lowest BCUT2D eigenvalue weighted by molar-refractivity contribution is -0.0422. The molecule has 3 heteroatoms. The first-order valence-corrected chi connectivity index (χ1v) is 8.38. The van der Waals surface area contributed by atoms with Crippen LogP contribution in [0.4, 0.5) is 0 Å². The van der Waals surface area contributed by atoms with Gasteiger partial charge in [-0.2, -0.15) is 5.10 Å². The number of hydrogen-bond acceptors (Lipinski definition) is 2. The van der Waals surface area contributed by atoms with E-state index in [1.807, 2.05) is 0 Å². The molecule has 1 atom stereocenters. The molecule has 3 nitrogen and oxygen atoms in total. The molecule has 0 radical (unpaired) electrons. The topological polar surface area (TPSA) is 54.7 Å². The van der Waals surface area contributed by atoms with Crippen LogP contribution < -0.4 is 5.73 Å². The smallest absolute Gasteiger partial charge is 0.0821 e. The van der Waals surface area contributed by atoms with Crippen LogP contribution in [0, 0.1) is 43.4 Å². The zero-order chi connectivity index (χ0) is 13.9. The summed E-state index contributed by atoms with van der Waals surface area (Å²) in [6, 6.07) is 0.127. The Balaban J connectivity index is 1.50. The predicted molar refractivity (Wildman–Crippen MR) is 80.1 cm³/mol. The van der Waals surface area contributed by atoms with Crippen molar-refractivity contribution in [3.8, 4) is 0 Å². The van der Waals surface area contributed by atoms with E-state index in [0.717, 1.165) is 41.7 Å². The molecule has 4 aliphatic rings. The summed E-state index contributed by atoms with van der Waals surface area (Å²) in [6.07, 6.45) is 8.64. The molecule has 4 fully saturated rings. The summed E-state index contributed by atoms with van der Waals surface area (Å²) in [5.74, 6) is 4.92. The van der Waals surface area contributed by atoms with Crippen LogP contribution in [0.1, 0.15) is 61.5 Å². The highest BCUT2D eigenvalue weighted by atomic mass is 15.1. The molecule has 20 heavy (non-hydrogen) atoms. The lowest BCUT2D eigenvalue weighted by Gasteiger charge is -2.55. The van der Waals surface area contributed by atoms with E-state index in [9.17, 15) is 0 Å². The number of aromatic nitrogens is 2. The summed E-state index contributed by atoms with van der Waals surface area (Å²) >= 11 is 0. The second kappa shape index (κ2) is 4.59. The quantitative estimate of drug-likeness (QED) is 0.885. The van der Waals surface area contributed by atoms with Gasteiger partial charge in [0.25, 0.3) is 0 Å². The van der Waals surface area contributed by atoms with Crippen LogP contribution in [0.15, 0.2) is 0 Å². The highest BCUT2D eigenvalue weighted by Crippen LogP contribution is 2.58. The first-order chi connectivity index (χ1) is 9.61. The third kappa shape index (κ3) is 1.93. The Labute approximate surface area is 121 Å².